The van der Waals surface area contributed by atoms with Crippen LogP contribution in [0.5, 0.6) is 5.75 Å². The molecule has 0 aliphatic rings. The van der Waals surface area contributed by atoms with E-state index < -0.39 is 36.0 Å². The van der Waals surface area contributed by atoms with Crippen LogP contribution in [0.25, 0.3) is 0 Å². The Bertz CT molecular complexity index is 790. The standard InChI is InChI=1S/C18H16F4N2O3/c1-24(10-16(25)23-14-6-4-13(19)5-7-14)17(26)11-27-15-8-2-12(3-9-15)18(20,21)22/h2-9H,10-11H2,1H3,(H,23,25). The molecule has 5 nitrogen and oxygen atoms in total. The normalized spacial score (nSPS) is 11.0. The van der Waals surface area contributed by atoms with Crippen molar-refractivity contribution in [2.45, 2.75) is 6.18 Å². The largest absolute Gasteiger partial charge is 0.484 e. The molecule has 9 heteroatoms. The van der Waals surface area contributed by atoms with Crippen LogP contribution in [0.3, 0.4) is 0 Å². The van der Waals surface area contributed by atoms with Crippen molar-refractivity contribution in [2.75, 3.05) is 25.5 Å². The van der Waals surface area contributed by atoms with Crippen LogP contribution in [0.15, 0.2) is 48.5 Å². The highest BCUT2D eigenvalue weighted by atomic mass is 19.4. The van der Waals surface area contributed by atoms with E-state index in [1.54, 1.807) is 0 Å². The number of carbonyl (C=O) groups is 2. The number of hydrogen-bond acceptors (Lipinski definition) is 3. The lowest BCUT2D eigenvalue weighted by Gasteiger charge is -2.17. The molecule has 0 heterocycles. The van der Waals surface area contributed by atoms with E-state index in [1.165, 1.54) is 31.3 Å². The van der Waals surface area contributed by atoms with E-state index in [1.807, 2.05) is 0 Å². The first-order valence-electron chi connectivity index (χ1n) is 7.74. The summed E-state index contributed by atoms with van der Waals surface area (Å²) >= 11 is 0. The Morgan fingerprint density at radius 1 is 1.04 bits per heavy atom. The van der Waals surface area contributed by atoms with E-state index in [-0.39, 0.29) is 12.3 Å². The fraction of sp³-hybridized carbons (Fsp3) is 0.222. The molecule has 2 amide bonds. The number of hydrogen-bond donors (Lipinski definition) is 1. The number of halogens is 4. The third kappa shape index (κ3) is 6.28. The molecule has 0 saturated carbocycles. The number of nitrogens with zero attached hydrogens (tertiary/aromatic N) is 1. The van der Waals surface area contributed by atoms with Crippen molar-refractivity contribution in [1.82, 2.24) is 4.90 Å². The fourth-order valence-corrected chi connectivity index (χ4v) is 2.03. The molecule has 0 aliphatic heterocycles. The van der Waals surface area contributed by atoms with E-state index in [9.17, 15) is 27.2 Å². The lowest BCUT2D eigenvalue weighted by Crippen LogP contribution is -2.37. The molecule has 2 aromatic rings. The Labute approximate surface area is 152 Å². The molecule has 1 N–H and O–H groups in total. The number of benzene rings is 2. The van der Waals surface area contributed by atoms with E-state index in [2.05, 4.69) is 5.32 Å². The van der Waals surface area contributed by atoms with Crippen molar-refractivity contribution < 1.29 is 31.9 Å². The molecule has 144 valence electrons. The van der Waals surface area contributed by atoms with Gasteiger partial charge >= 0.3 is 6.18 Å². The molecule has 27 heavy (non-hydrogen) atoms. The van der Waals surface area contributed by atoms with Crippen molar-refractivity contribution >= 4 is 17.5 Å². The van der Waals surface area contributed by atoms with Crippen LogP contribution < -0.4 is 10.1 Å². The van der Waals surface area contributed by atoms with Gasteiger partial charge < -0.3 is 15.0 Å². The third-order valence-electron chi connectivity index (χ3n) is 3.48. The summed E-state index contributed by atoms with van der Waals surface area (Å²) in [5.41, 5.74) is -0.445. The molecule has 0 spiro atoms. The van der Waals surface area contributed by atoms with Crippen molar-refractivity contribution in [3.8, 4) is 5.75 Å². The molecule has 0 bridgehead atoms. The van der Waals surface area contributed by atoms with Gasteiger partial charge in [0.25, 0.3) is 5.91 Å². The van der Waals surface area contributed by atoms with Gasteiger partial charge in [0, 0.05) is 12.7 Å². The predicted molar refractivity (Wildman–Crippen MR) is 89.6 cm³/mol. The number of anilines is 1. The molecule has 0 unspecified atom stereocenters. The predicted octanol–water partition coefficient (Wildman–Crippen LogP) is 3.32. The Morgan fingerprint density at radius 2 is 1.63 bits per heavy atom. The Hall–Kier alpha value is -3.10. The molecule has 0 radical (unpaired) electrons. The summed E-state index contributed by atoms with van der Waals surface area (Å²) < 4.78 is 55.4. The van der Waals surface area contributed by atoms with E-state index >= 15 is 0 Å². The highest BCUT2D eigenvalue weighted by Crippen LogP contribution is 2.30. The maximum atomic E-state index is 12.8. The smallest absolute Gasteiger partial charge is 0.416 e. The van der Waals surface area contributed by atoms with Crippen molar-refractivity contribution in [1.29, 1.82) is 0 Å². The maximum absolute atomic E-state index is 12.8. The second-order valence-electron chi connectivity index (χ2n) is 5.62. The molecule has 2 rings (SSSR count). The summed E-state index contributed by atoms with van der Waals surface area (Å²) in [6.45, 7) is -0.710. The number of alkyl halides is 3. The van der Waals surface area contributed by atoms with Gasteiger partial charge in [-0.15, -0.1) is 0 Å². The van der Waals surface area contributed by atoms with Crippen LogP contribution in [0, 0.1) is 5.82 Å². The average Bonchev–Trinajstić information content (AvgIpc) is 2.61. The van der Waals surface area contributed by atoms with Crippen molar-refractivity contribution in [2.24, 2.45) is 0 Å². The van der Waals surface area contributed by atoms with Crippen LogP contribution in [-0.2, 0) is 15.8 Å². The minimum absolute atomic E-state index is 0.0977. The summed E-state index contributed by atoms with van der Waals surface area (Å²) in [6.07, 6.45) is -4.45. The fourth-order valence-electron chi connectivity index (χ4n) is 2.03. The number of ether oxygens (including phenoxy) is 1. The highest BCUT2D eigenvalue weighted by Gasteiger charge is 2.30. The highest BCUT2D eigenvalue weighted by molar-refractivity contribution is 5.94. The quantitative estimate of drug-likeness (QED) is 0.778. The van der Waals surface area contributed by atoms with E-state index in [0.717, 1.165) is 29.2 Å². The monoisotopic (exact) mass is 384 g/mol. The summed E-state index contributed by atoms with van der Waals surface area (Å²) in [7, 11) is 1.38. The zero-order valence-electron chi connectivity index (χ0n) is 14.2. The lowest BCUT2D eigenvalue weighted by molar-refractivity contribution is -0.137. The third-order valence-corrected chi connectivity index (χ3v) is 3.48. The van der Waals surface area contributed by atoms with Gasteiger partial charge in [0.1, 0.15) is 11.6 Å². The first-order valence-corrected chi connectivity index (χ1v) is 7.74. The maximum Gasteiger partial charge on any atom is 0.416 e. The number of carbonyl (C=O) groups excluding carboxylic acids is 2. The molecular formula is C18H16F4N2O3. The van der Waals surface area contributed by atoms with Gasteiger partial charge in [-0.3, -0.25) is 9.59 Å². The number of amides is 2. The minimum Gasteiger partial charge on any atom is -0.484 e. The van der Waals surface area contributed by atoms with Gasteiger partial charge in [-0.25, -0.2) is 4.39 Å². The summed E-state index contributed by atoms with van der Waals surface area (Å²) in [5, 5.41) is 2.50. The molecular weight excluding hydrogens is 368 g/mol. The molecule has 0 aliphatic carbocycles. The molecule has 0 aromatic heterocycles. The molecule has 0 saturated heterocycles. The average molecular weight is 384 g/mol. The summed E-state index contributed by atoms with van der Waals surface area (Å²) in [6, 6.07) is 9.03. The summed E-state index contributed by atoms with van der Waals surface area (Å²) in [4.78, 5) is 24.9. The van der Waals surface area contributed by atoms with Gasteiger partial charge in [-0.2, -0.15) is 13.2 Å². The van der Waals surface area contributed by atoms with Gasteiger partial charge in [-0.1, -0.05) is 0 Å². The van der Waals surface area contributed by atoms with Crippen molar-refractivity contribution in [3.63, 3.8) is 0 Å². The van der Waals surface area contributed by atoms with E-state index in [4.69, 9.17) is 4.74 Å². The minimum atomic E-state index is -4.45. The van der Waals surface area contributed by atoms with Crippen molar-refractivity contribution in [3.05, 3.63) is 59.9 Å². The van der Waals surface area contributed by atoms with Gasteiger partial charge in [0.05, 0.1) is 12.1 Å². The number of nitrogens with one attached hydrogen (secondary N) is 1. The van der Waals surface area contributed by atoms with Crippen LogP contribution in [0.4, 0.5) is 23.2 Å². The van der Waals surface area contributed by atoms with Gasteiger partial charge in [-0.05, 0) is 48.5 Å². The zero-order valence-corrected chi connectivity index (χ0v) is 14.2. The lowest BCUT2D eigenvalue weighted by atomic mass is 10.2. The van der Waals surface area contributed by atoms with Gasteiger partial charge in [0.15, 0.2) is 6.61 Å². The van der Waals surface area contributed by atoms with Crippen LogP contribution >= 0.6 is 0 Å². The SMILES string of the molecule is CN(CC(=O)Nc1ccc(F)cc1)C(=O)COc1ccc(C(F)(F)F)cc1. The number of likely N-dealkylation sites (N-methyl/N-ethyl adjacent to an activating group) is 1. The first kappa shape index (κ1) is 20.2. The Morgan fingerprint density at radius 3 is 2.19 bits per heavy atom. The molecule has 2 aromatic carbocycles. The van der Waals surface area contributed by atoms with Crippen LogP contribution in [-0.4, -0.2) is 36.9 Å². The zero-order chi connectivity index (χ0) is 20.0. The number of rotatable bonds is 6. The van der Waals surface area contributed by atoms with Crippen LogP contribution in [0.2, 0.25) is 0 Å². The molecule has 0 atom stereocenters. The Balaban J connectivity index is 1.81. The Kier molecular flexibility index (Phi) is 6.38. The van der Waals surface area contributed by atoms with Gasteiger partial charge in [0.2, 0.25) is 5.91 Å². The summed E-state index contributed by atoms with van der Waals surface area (Å²) in [5.74, 6) is -1.38. The topological polar surface area (TPSA) is 58.6 Å². The van der Waals surface area contributed by atoms with Crippen LogP contribution in [0.1, 0.15) is 5.56 Å². The first-order chi connectivity index (χ1) is 12.6. The van der Waals surface area contributed by atoms with E-state index in [0.29, 0.717) is 5.69 Å². The second kappa shape index (κ2) is 8.52. The molecule has 0 fully saturated rings. The second-order valence-corrected chi connectivity index (χ2v) is 5.62.